The summed E-state index contributed by atoms with van der Waals surface area (Å²) in [6.07, 6.45) is 0. The van der Waals surface area contributed by atoms with Crippen molar-refractivity contribution in [1.82, 2.24) is 9.97 Å². The number of hydrogen-bond acceptors (Lipinski definition) is 2. The molecule has 0 bridgehead atoms. The third kappa shape index (κ3) is 3.59. The minimum Gasteiger partial charge on any atom is -0.232 e. The van der Waals surface area contributed by atoms with Crippen LogP contribution in [0.5, 0.6) is 0 Å². The van der Waals surface area contributed by atoms with Crippen molar-refractivity contribution in [2.45, 2.75) is 33.6 Å². The minimum absolute atomic E-state index is 0.257. The zero-order chi connectivity index (χ0) is 21.5. The standard InChI is InChI=1S/C29H26N2/c1-18(2)29-30-27(24-15-19(3)14-20(4)16-24)26-13-11-23-17-22(21-8-6-5-7-9-21)10-12-25(23)28(26)31-29/h5-18H,1-4H3. The molecule has 152 valence electrons. The molecular weight excluding hydrogens is 376 g/mol. The van der Waals surface area contributed by atoms with E-state index in [9.17, 15) is 0 Å². The molecule has 4 aromatic carbocycles. The summed E-state index contributed by atoms with van der Waals surface area (Å²) in [4.78, 5) is 10.0. The Hall–Kier alpha value is -3.52. The van der Waals surface area contributed by atoms with Crippen molar-refractivity contribution in [3.05, 3.63) is 95.8 Å². The highest BCUT2D eigenvalue weighted by Crippen LogP contribution is 2.34. The van der Waals surface area contributed by atoms with Crippen LogP contribution in [0.4, 0.5) is 0 Å². The van der Waals surface area contributed by atoms with Gasteiger partial charge in [0.25, 0.3) is 0 Å². The first-order valence-electron chi connectivity index (χ1n) is 10.9. The molecule has 0 aliphatic rings. The monoisotopic (exact) mass is 402 g/mol. The fourth-order valence-electron chi connectivity index (χ4n) is 4.34. The number of nitrogens with zero attached hydrogens (tertiary/aromatic N) is 2. The van der Waals surface area contributed by atoms with Gasteiger partial charge in [-0.15, -0.1) is 0 Å². The summed E-state index contributed by atoms with van der Waals surface area (Å²) in [6.45, 7) is 8.60. The summed E-state index contributed by atoms with van der Waals surface area (Å²) < 4.78 is 0. The lowest BCUT2D eigenvalue weighted by Gasteiger charge is -2.14. The molecule has 0 spiro atoms. The predicted octanol–water partition coefficient (Wildman–Crippen LogP) is 7.86. The van der Waals surface area contributed by atoms with Gasteiger partial charge in [0.05, 0.1) is 11.2 Å². The molecule has 5 aromatic rings. The molecule has 0 fully saturated rings. The minimum atomic E-state index is 0.257. The molecule has 0 unspecified atom stereocenters. The van der Waals surface area contributed by atoms with Gasteiger partial charge in [-0.05, 0) is 54.6 Å². The van der Waals surface area contributed by atoms with E-state index >= 15 is 0 Å². The van der Waals surface area contributed by atoms with Crippen LogP contribution < -0.4 is 0 Å². The number of aromatic nitrogens is 2. The molecule has 0 amide bonds. The highest BCUT2D eigenvalue weighted by molar-refractivity contribution is 6.10. The molecule has 0 N–H and O–H groups in total. The highest BCUT2D eigenvalue weighted by atomic mass is 14.9. The van der Waals surface area contributed by atoms with Crippen LogP contribution in [0.3, 0.4) is 0 Å². The van der Waals surface area contributed by atoms with Crippen molar-refractivity contribution in [2.24, 2.45) is 0 Å². The van der Waals surface area contributed by atoms with Gasteiger partial charge in [-0.3, -0.25) is 0 Å². The van der Waals surface area contributed by atoms with Crippen LogP contribution in [-0.2, 0) is 0 Å². The van der Waals surface area contributed by atoms with Crippen LogP contribution in [0.15, 0.2) is 78.9 Å². The number of rotatable bonds is 3. The van der Waals surface area contributed by atoms with Crippen LogP contribution in [-0.4, -0.2) is 9.97 Å². The lowest BCUT2D eigenvalue weighted by molar-refractivity contribution is 0.785. The Kier molecular flexibility index (Phi) is 4.78. The number of hydrogen-bond donors (Lipinski definition) is 0. The Morgan fingerprint density at radius 1 is 0.613 bits per heavy atom. The van der Waals surface area contributed by atoms with Crippen molar-refractivity contribution in [2.75, 3.05) is 0 Å². The highest BCUT2D eigenvalue weighted by Gasteiger charge is 2.15. The Bertz CT molecular complexity index is 1400. The smallest absolute Gasteiger partial charge is 0.132 e. The second kappa shape index (κ2) is 7.63. The van der Waals surface area contributed by atoms with Crippen molar-refractivity contribution in [3.8, 4) is 22.4 Å². The van der Waals surface area contributed by atoms with Crippen LogP contribution in [0.2, 0.25) is 0 Å². The zero-order valence-corrected chi connectivity index (χ0v) is 18.5. The van der Waals surface area contributed by atoms with Crippen LogP contribution in [0.1, 0.15) is 36.7 Å². The summed E-state index contributed by atoms with van der Waals surface area (Å²) in [6, 6.07) is 28.2. The molecule has 1 aromatic heterocycles. The van der Waals surface area contributed by atoms with E-state index in [1.807, 2.05) is 0 Å². The second-order valence-corrected chi connectivity index (χ2v) is 8.73. The number of benzene rings is 4. The first kappa shape index (κ1) is 19.4. The van der Waals surface area contributed by atoms with Gasteiger partial charge in [-0.1, -0.05) is 79.6 Å². The van der Waals surface area contributed by atoms with Gasteiger partial charge >= 0.3 is 0 Å². The van der Waals surface area contributed by atoms with Gasteiger partial charge in [0.2, 0.25) is 0 Å². The van der Waals surface area contributed by atoms with E-state index in [0.717, 1.165) is 28.0 Å². The largest absolute Gasteiger partial charge is 0.232 e. The average Bonchev–Trinajstić information content (AvgIpc) is 2.77. The van der Waals surface area contributed by atoms with E-state index in [-0.39, 0.29) is 5.92 Å². The van der Waals surface area contributed by atoms with Gasteiger partial charge in [0.1, 0.15) is 5.82 Å². The number of fused-ring (bicyclic) bond motifs is 3. The Morgan fingerprint density at radius 3 is 2.03 bits per heavy atom. The molecule has 5 rings (SSSR count). The molecule has 0 aliphatic heterocycles. The van der Waals surface area contributed by atoms with Crippen molar-refractivity contribution < 1.29 is 0 Å². The Morgan fingerprint density at radius 2 is 1.32 bits per heavy atom. The zero-order valence-electron chi connectivity index (χ0n) is 18.5. The van der Waals surface area contributed by atoms with Gasteiger partial charge in [-0.2, -0.15) is 0 Å². The predicted molar refractivity (Wildman–Crippen MR) is 131 cm³/mol. The SMILES string of the molecule is Cc1cc(C)cc(-c2nc(C(C)C)nc3c2ccc2cc(-c4ccccc4)ccc23)c1. The van der Waals surface area contributed by atoms with Gasteiger partial charge in [0, 0.05) is 22.3 Å². The summed E-state index contributed by atoms with van der Waals surface area (Å²) in [5, 5.41) is 3.48. The van der Waals surface area contributed by atoms with Gasteiger partial charge < -0.3 is 0 Å². The molecule has 0 atom stereocenters. The maximum absolute atomic E-state index is 5.03. The quantitative estimate of drug-likeness (QED) is 0.287. The van der Waals surface area contributed by atoms with E-state index in [1.165, 1.54) is 33.0 Å². The average molecular weight is 403 g/mol. The number of aryl methyl sites for hydroxylation is 2. The van der Waals surface area contributed by atoms with Gasteiger partial charge in [0.15, 0.2) is 0 Å². The first-order valence-corrected chi connectivity index (χ1v) is 10.9. The lowest BCUT2D eigenvalue weighted by atomic mass is 9.96. The van der Waals surface area contributed by atoms with Crippen LogP contribution in [0, 0.1) is 13.8 Å². The molecule has 0 aliphatic carbocycles. The molecule has 0 saturated heterocycles. The van der Waals surface area contributed by atoms with Crippen LogP contribution >= 0.6 is 0 Å². The third-order valence-electron chi connectivity index (χ3n) is 5.82. The van der Waals surface area contributed by atoms with E-state index in [4.69, 9.17) is 9.97 Å². The maximum Gasteiger partial charge on any atom is 0.132 e. The summed E-state index contributed by atoms with van der Waals surface area (Å²) in [5.74, 6) is 1.15. The van der Waals surface area contributed by atoms with E-state index in [0.29, 0.717) is 0 Å². The van der Waals surface area contributed by atoms with Gasteiger partial charge in [-0.25, -0.2) is 9.97 Å². The lowest BCUT2D eigenvalue weighted by Crippen LogP contribution is -2.01. The molecule has 31 heavy (non-hydrogen) atoms. The summed E-state index contributed by atoms with van der Waals surface area (Å²) >= 11 is 0. The summed E-state index contributed by atoms with van der Waals surface area (Å²) in [7, 11) is 0. The molecule has 0 saturated carbocycles. The topological polar surface area (TPSA) is 25.8 Å². The second-order valence-electron chi connectivity index (χ2n) is 8.73. The van der Waals surface area contributed by atoms with Crippen molar-refractivity contribution >= 4 is 21.7 Å². The van der Waals surface area contributed by atoms with Crippen molar-refractivity contribution in [1.29, 1.82) is 0 Å². The Labute approximate surface area is 183 Å². The molecule has 0 radical (unpaired) electrons. The maximum atomic E-state index is 5.03. The molecule has 2 heteroatoms. The van der Waals surface area contributed by atoms with E-state index in [2.05, 4.69) is 107 Å². The van der Waals surface area contributed by atoms with E-state index < -0.39 is 0 Å². The van der Waals surface area contributed by atoms with Crippen LogP contribution in [0.25, 0.3) is 44.1 Å². The fraction of sp³-hybridized carbons (Fsp3) is 0.172. The van der Waals surface area contributed by atoms with E-state index in [1.54, 1.807) is 0 Å². The third-order valence-corrected chi connectivity index (χ3v) is 5.82. The van der Waals surface area contributed by atoms with Crippen molar-refractivity contribution in [3.63, 3.8) is 0 Å². The molecule has 1 heterocycles. The molecule has 2 nitrogen and oxygen atoms in total. The first-order chi connectivity index (χ1) is 15.0. The normalized spacial score (nSPS) is 11.5. The summed E-state index contributed by atoms with van der Waals surface area (Å²) in [5.41, 5.74) is 8.17. The Balaban J connectivity index is 1.79. The fourth-order valence-corrected chi connectivity index (χ4v) is 4.34. The molecular formula is C29H26N2.